The van der Waals surface area contributed by atoms with Crippen molar-refractivity contribution in [2.45, 2.75) is 20.8 Å². The average molecular weight is 385 g/mol. The van der Waals surface area contributed by atoms with Crippen LogP contribution in [0.3, 0.4) is 0 Å². The fourth-order valence-electron chi connectivity index (χ4n) is 3.24. The van der Waals surface area contributed by atoms with Gasteiger partial charge in [-0.1, -0.05) is 24.3 Å². The summed E-state index contributed by atoms with van der Waals surface area (Å²) in [7, 11) is 0. The van der Waals surface area contributed by atoms with E-state index in [-0.39, 0.29) is 5.57 Å². The van der Waals surface area contributed by atoms with Crippen LogP contribution in [0, 0.1) is 25.2 Å². The van der Waals surface area contributed by atoms with Gasteiger partial charge < -0.3 is 14.6 Å². The number of amides is 1. The summed E-state index contributed by atoms with van der Waals surface area (Å²) in [5.41, 5.74) is 4.49. The quantitative estimate of drug-likeness (QED) is 0.477. The molecule has 1 aromatic heterocycles. The lowest BCUT2D eigenvalue weighted by Gasteiger charge is -2.09. The normalized spacial score (nSPS) is 11.0. The largest absolute Gasteiger partial charge is 0.494 e. The van der Waals surface area contributed by atoms with Crippen molar-refractivity contribution in [1.82, 2.24) is 4.57 Å². The Balaban J connectivity index is 1.88. The number of carbonyl (C=O) groups is 1. The summed E-state index contributed by atoms with van der Waals surface area (Å²) >= 11 is 0. The maximum absolute atomic E-state index is 12.6. The van der Waals surface area contributed by atoms with E-state index in [0.717, 1.165) is 22.6 Å². The maximum Gasteiger partial charge on any atom is 0.266 e. The first-order valence-corrected chi connectivity index (χ1v) is 9.44. The minimum absolute atomic E-state index is 0.0418. The Morgan fingerprint density at radius 3 is 2.59 bits per heavy atom. The number of nitriles is 1. The second kappa shape index (κ2) is 8.94. The molecule has 3 aromatic rings. The van der Waals surface area contributed by atoms with Crippen LogP contribution in [0.2, 0.25) is 0 Å². The van der Waals surface area contributed by atoms with Crippen molar-refractivity contribution in [3.05, 3.63) is 83.2 Å². The van der Waals surface area contributed by atoms with Gasteiger partial charge in [0.15, 0.2) is 0 Å². The lowest BCUT2D eigenvalue weighted by Crippen LogP contribution is -2.13. The van der Waals surface area contributed by atoms with E-state index in [2.05, 4.69) is 9.88 Å². The molecule has 5 heteroatoms. The van der Waals surface area contributed by atoms with E-state index < -0.39 is 5.91 Å². The van der Waals surface area contributed by atoms with Crippen molar-refractivity contribution >= 4 is 17.7 Å². The molecule has 0 bridgehead atoms. The molecule has 0 radical (unpaired) electrons. The Kier molecular flexibility index (Phi) is 6.16. The van der Waals surface area contributed by atoms with Gasteiger partial charge in [-0.2, -0.15) is 5.26 Å². The number of hydrogen-bond donors (Lipinski definition) is 1. The van der Waals surface area contributed by atoms with E-state index >= 15 is 0 Å². The van der Waals surface area contributed by atoms with Crippen molar-refractivity contribution < 1.29 is 9.53 Å². The van der Waals surface area contributed by atoms with Crippen LogP contribution < -0.4 is 10.1 Å². The van der Waals surface area contributed by atoms with Gasteiger partial charge in [0.2, 0.25) is 0 Å². The molecule has 1 N–H and O–H groups in total. The van der Waals surface area contributed by atoms with E-state index in [1.54, 1.807) is 24.3 Å². The van der Waals surface area contributed by atoms with E-state index in [1.165, 1.54) is 0 Å². The van der Waals surface area contributed by atoms with Crippen LogP contribution in [0.1, 0.15) is 23.9 Å². The first kappa shape index (κ1) is 20.0. The molecule has 0 atom stereocenters. The van der Waals surface area contributed by atoms with Gasteiger partial charge in [0.1, 0.15) is 17.4 Å². The SMILES string of the molecule is CCOc1cccc(NC(=O)/C(C#N)=C/c2cc(C)n(-c3ccccc3)c2C)c1. The Hall–Kier alpha value is -3.78. The Morgan fingerprint density at radius 1 is 1.14 bits per heavy atom. The molecule has 0 unspecified atom stereocenters. The highest BCUT2D eigenvalue weighted by molar-refractivity contribution is 6.09. The van der Waals surface area contributed by atoms with Crippen molar-refractivity contribution in [3.8, 4) is 17.5 Å². The second-order valence-corrected chi connectivity index (χ2v) is 6.58. The van der Waals surface area contributed by atoms with Gasteiger partial charge in [-0.25, -0.2) is 0 Å². The fraction of sp³-hybridized carbons (Fsp3) is 0.167. The van der Waals surface area contributed by atoms with Crippen molar-refractivity contribution in [2.75, 3.05) is 11.9 Å². The number of nitrogens with one attached hydrogen (secondary N) is 1. The zero-order valence-electron chi connectivity index (χ0n) is 16.8. The molecule has 0 aliphatic heterocycles. The molecule has 0 saturated carbocycles. The maximum atomic E-state index is 12.6. The van der Waals surface area contributed by atoms with Crippen molar-refractivity contribution in [2.24, 2.45) is 0 Å². The molecule has 3 rings (SSSR count). The summed E-state index contributed by atoms with van der Waals surface area (Å²) in [6, 6.07) is 21.1. The smallest absolute Gasteiger partial charge is 0.266 e. The predicted molar refractivity (Wildman–Crippen MR) is 115 cm³/mol. The summed E-state index contributed by atoms with van der Waals surface area (Å²) < 4.78 is 7.55. The van der Waals surface area contributed by atoms with Crippen LogP contribution in [0.25, 0.3) is 11.8 Å². The van der Waals surface area contributed by atoms with E-state index in [0.29, 0.717) is 18.0 Å². The molecular weight excluding hydrogens is 362 g/mol. The number of ether oxygens (including phenoxy) is 1. The average Bonchev–Trinajstić information content (AvgIpc) is 3.00. The van der Waals surface area contributed by atoms with Crippen LogP contribution in [0.15, 0.2) is 66.2 Å². The molecule has 29 heavy (non-hydrogen) atoms. The van der Waals surface area contributed by atoms with Gasteiger partial charge >= 0.3 is 0 Å². The number of aromatic nitrogens is 1. The van der Waals surface area contributed by atoms with Crippen LogP contribution in [-0.2, 0) is 4.79 Å². The highest BCUT2D eigenvalue weighted by Gasteiger charge is 2.14. The summed E-state index contributed by atoms with van der Waals surface area (Å²) in [6.07, 6.45) is 1.63. The molecule has 1 amide bonds. The molecule has 0 aliphatic rings. The van der Waals surface area contributed by atoms with E-state index in [4.69, 9.17) is 4.74 Å². The lowest BCUT2D eigenvalue weighted by atomic mass is 10.1. The second-order valence-electron chi connectivity index (χ2n) is 6.58. The monoisotopic (exact) mass is 385 g/mol. The Labute approximate surface area is 170 Å². The van der Waals surface area contributed by atoms with Crippen LogP contribution in [0.4, 0.5) is 5.69 Å². The first-order chi connectivity index (χ1) is 14.0. The number of benzene rings is 2. The lowest BCUT2D eigenvalue weighted by molar-refractivity contribution is -0.112. The number of anilines is 1. The third-order valence-electron chi connectivity index (χ3n) is 4.55. The molecule has 0 fully saturated rings. The molecule has 0 spiro atoms. The van der Waals surface area contributed by atoms with Crippen LogP contribution in [0.5, 0.6) is 5.75 Å². The summed E-state index contributed by atoms with van der Waals surface area (Å²) in [5.74, 6) is 0.213. The van der Waals surface area contributed by atoms with Gasteiger partial charge in [-0.05, 0) is 62.7 Å². The first-order valence-electron chi connectivity index (χ1n) is 9.44. The Bertz CT molecular complexity index is 1090. The zero-order chi connectivity index (χ0) is 20.8. The molecule has 0 aliphatic carbocycles. The van der Waals surface area contributed by atoms with Gasteiger partial charge in [-0.15, -0.1) is 0 Å². The van der Waals surface area contributed by atoms with Gasteiger partial charge in [0.05, 0.1) is 6.61 Å². The van der Waals surface area contributed by atoms with Gasteiger partial charge in [0, 0.05) is 28.8 Å². The van der Waals surface area contributed by atoms with Crippen molar-refractivity contribution in [3.63, 3.8) is 0 Å². The Morgan fingerprint density at radius 2 is 1.90 bits per heavy atom. The van der Waals surface area contributed by atoms with Crippen LogP contribution in [-0.4, -0.2) is 17.1 Å². The van der Waals surface area contributed by atoms with E-state index in [9.17, 15) is 10.1 Å². The molecular formula is C24H23N3O2. The zero-order valence-corrected chi connectivity index (χ0v) is 16.8. The molecule has 0 saturated heterocycles. The number of para-hydroxylation sites is 1. The number of hydrogen-bond acceptors (Lipinski definition) is 3. The van der Waals surface area contributed by atoms with Gasteiger partial charge in [0.25, 0.3) is 5.91 Å². The summed E-state index contributed by atoms with van der Waals surface area (Å²) in [5, 5.41) is 12.3. The minimum Gasteiger partial charge on any atom is -0.494 e. The van der Waals surface area contributed by atoms with Crippen molar-refractivity contribution in [1.29, 1.82) is 5.26 Å². The standard InChI is InChI=1S/C24H23N3O2/c1-4-29-23-12-8-9-21(15-23)26-24(28)20(16-25)14-19-13-17(2)27(18(19)3)22-10-6-5-7-11-22/h5-15H,4H2,1-3H3,(H,26,28)/b20-14+. The molecule has 5 nitrogen and oxygen atoms in total. The molecule has 146 valence electrons. The molecule has 2 aromatic carbocycles. The highest BCUT2D eigenvalue weighted by Crippen LogP contribution is 2.23. The minimum atomic E-state index is -0.453. The number of aryl methyl sites for hydroxylation is 1. The topological polar surface area (TPSA) is 67.0 Å². The summed E-state index contributed by atoms with van der Waals surface area (Å²) in [6.45, 7) is 6.42. The van der Waals surface area contributed by atoms with Gasteiger partial charge in [-0.3, -0.25) is 4.79 Å². The number of carbonyl (C=O) groups excluding carboxylic acids is 1. The third-order valence-corrected chi connectivity index (χ3v) is 4.55. The van der Waals surface area contributed by atoms with E-state index in [1.807, 2.05) is 69.3 Å². The third kappa shape index (κ3) is 4.56. The predicted octanol–water partition coefficient (Wildman–Crippen LogP) is 5.04. The fourth-order valence-corrected chi connectivity index (χ4v) is 3.24. The summed E-state index contributed by atoms with van der Waals surface area (Å²) in [4.78, 5) is 12.6. The molecule has 1 heterocycles. The van der Waals surface area contributed by atoms with Crippen LogP contribution >= 0.6 is 0 Å². The highest BCUT2D eigenvalue weighted by atomic mass is 16.5. The number of rotatable bonds is 6. The number of nitrogens with zero attached hydrogens (tertiary/aromatic N) is 2.